The van der Waals surface area contributed by atoms with E-state index in [-0.39, 0.29) is 0 Å². The van der Waals surface area contributed by atoms with Crippen LogP contribution < -0.4 is 4.90 Å². The van der Waals surface area contributed by atoms with Gasteiger partial charge in [-0.3, -0.25) is 0 Å². The van der Waals surface area contributed by atoms with Crippen molar-refractivity contribution in [1.29, 1.82) is 0 Å². The quantitative estimate of drug-likeness (QED) is 0.190. The van der Waals surface area contributed by atoms with Crippen LogP contribution in [0.2, 0.25) is 0 Å². The van der Waals surface area contributed by atoms with Gasteiger partial charge >= 0.3 is 0 Å². The van der Waals surface area contributed by atoms with Gasteiger partial charge in [0, 0.05) is 39.5 Å². The van der Waals surface area contributed by atoms with Crippen molar-refractivity contribution in [3.05, 3.63) is 170 Å². The van der Waals surface area contributed by atoms with Gasteiger partial charge < -0.3 is 13.7 Å². The summed E-state index contributed by atoms with van der Waals surface area (Å²) in [5.41, 5.74) is 9.58. The van der Waals surface area contributed by atoms with E-state index in [1.807, 2.05) is 30.3 Å². The molecule has 0 atom stereocenters. The number of hydrogen-bond acceptors (Lipinski definition) is 4. The lowest BCUT2D eigenvalue weighted by Crippen LogP contribution is -2.09. The molecule has 4 heteroatoms. The third-order valence-corrected chi connectivity index (χ3v) is 9.43. The zero-order valence-electron chi connectivity index (χ0n) is 26.4. The number of furan rings is 1. The van der Waals surface area contributed by atoms with E-state index in [1.165, 1.54) is 16.3 Å². The molecule has 10 rings (SSSR count). The number of aromatic nitrogens is 1. The van der Waals surface area contributed by atoms with Crippen molar-refractivity contribution in [3.8, 4) is 22.6 Å². The molecule has 0 saturated carbocycles. The van der Waals surface area contributed by atoms with Gasteiger partial charge in [-0.15, -0.1) is 0 Å². The molecule has 0 saturated heterocycles. The Hall–Kier alpha value is -6.65. The summed E-state index contributed by atoms with van der Waals surface area (Å²) in [6.07, 6.45) is 0. The highest BCUT2D eigenvalue weighted by Gasteiger charge is 2.20. The Kier molecular flexibility index (Phi) is 6.15. The second-order valence-corrected chi connectivity index (χ2v) is 12.4. The van der Waals surface area contributed by atoms with Crippen LogP contribution in [0.5, 0.6) is 0 Å². The van der Waals surface area contributed by atoms with Crippen LogP contribution in [0, 0.1) is 0 Å². The molecule has 0 amide bonds. The van der Waals surface area contributed by atoms with E-state index in [0.717, 1.165) is 72.0 Å². The Morgan fingerprint density at radius 1 is 0.408 bits per heavy atom. The molecule has 2 heterocycles. The summed E-state index contributed by atoms with van der Waals surface area (Å²) in [5, 5.41) is 6.74. The maximum atomic E-state index is 6.55. The van der Waals surface area contributed by atoms with Gasteiger partial charge in [-0.2, -0.15) is 0 Å². The van der Waals surface area contributed by atoms with E-state index in [1.54, 1.807) is 0 Å². The molecule has 49 heavy (non-hydrogen) atoms. The van der Waals surface area contributed by atoms with Gasteiger partial charge in [0.15, 0.2) is 5.58 Å². The predicted octanol–water partition coefficient (Wildman–Crippen LogP) is 12.8. The summed E-state index contributed by atoms with van der Waals surface area (Å²) in [6, 6.07) is 59.3. The van der Waals surface area contributed by atoms with Crippen LogP contribution in [0.15, 0.2) is 179 Å². The van der Waals surface area contributed by atoms with Crippen molar-refractivity contribution < 1.29 is 8.83 Å². The van der Waals surface area contributed by atoms with Crippen molar-refractivity contribution in [1.82, 2.24) is 4.98 Å². The van der Waals surface area contributed by atoms with Crippen LogP contribution in [0.25, 0.3) is 77.2 Å². The van der Waals surface area contributed by atoms with E-state index in [0.29, 0.717) is 5.89 Å². The second-order valence-electron chi connectivity index (χ2n) is 12.4. The summed E-state index contributed by atoms with van der Waals surface area (Å²) in [5.74, 6) is 0.583. The highest BCUT2D eigenvalue weighted by Crippen LogP contribution is 2.42. The van der Waals surface area contributed by atoms with Crippen LogP contribution in [-0.2, 0) is 0 Å². The molecular formula is C45H28N2O2. The van der Waals surface area contributed by atoms with Gasteiger partial charge in [-0.25, -0.2) is 4.98 Å². The molecule has 8 aromatic carbocycles. The lowest BCUT2D eigenvalue weighted by atomic mass is 10.0. The van der Waals surface area contributed by atoms with Gasteiger partial charge in [-0.1, -0.05) is 97.1 Å². The van der Waals surface area contributed by atoms with Crippen molar-refractivity contribution in [3.63, 3.8) is 0 Å². The topological polar surface area (TPSA) is 42.4 Å². The summed E-state index contributed by atoms with van der Waals surface area (Å²) >= 11 is 0. The summed E-state index contributed by atoms with van der Waals surface area (Å²) in [4.78, 5) is 7.21. The molecule has 0 radical (unpaired) electrons. The third kappa shape index (κ3) is 4.65. The first-order chi connectivity index (χ1) is 24.2. The average molecular weight is 629 g/mol. The third-order valence-electron chi connectivity index (χ3n) is 9.43. The van der Waals surface area contributed by atoms with Crippen molar-refractivity contribution in [2.75, 3.05) is 4.90 Å². The fourth-order valence-electron chi connectivity index (χ4n) is 7.08. The van der Waals surface area contributed by atoms with E-state index in [2.05, 4.69) is 144 Å². The lowest BCUT2D eigenvalue weighted by molar-refractivity contribution is 0.620. The molecule has 0 aliphatic rings. The number of fused-ring (bicyclic) bond motifs is 6. The number of anilines is 3. The molecule has 10 aromatic rings. The van der Waals surface area contributed by atoms with Crippen LogP contribution >= 0.6 is 0 Å². The number of rotatable bonds is 5. The zero-order valence-corrected chi connectivity index (χ0v) is 26.4. The van der Waals surface area contributed by atoms with Gasteiger partial charge in [0.05, 0.1) is 0 Å². The largest absolute Gasteiger partial charge is 0.456 e. The Labute approximate surface area is 282 Å². The first kappa shape index (κ1) is 27.5. The van der Waals surface area contributed by atoms with E-state index < -0.39 is 0 Å². The summed E-state index contributed by atoms with van der Waals surface area (Å²) < 4.78 is 12.9. The minimum Gasteiger partial charge on any atom is -0.456 e. The molecule has 0 spiro atoms. The van der Waals surface area contributed by atoms with Gasteiger partial charge in [0.25, 0.3) is 0 Å². The Bertz CT molecular complexity index is 2790. The minimum atomic E-state index is 0.583. The second kappa shape index (κ2) is 11.0. The molecule has 0 bridgehead atoms. The molecule has 0 unspecified atom stereocenters. The average Bonchev–Trinajstić information content (AvgIpc) is 3.75. The molecule has 0 aliphatic carbocycles. The molecular weight excluding hydrogens is 601 g/mol. The molecule has 4 nitrogen and oxygen atoms in total. The fourth-order valence-corrected chi connectivity index (χ4v) is 7.08. The summed E-state index contributed by atoms with van der Waals surface area (Å²) in [6.45, 7) is 0. The molecule has 0 fully saturated rings. The Morgan fingerprint density at radius 3 is 1.96 bits per heavy atom. The number of nitrogens with zero attached hydrogens (tertiary/aromatic N) is 2. The van der Waals surface area contributed by atoms with Crippen molar-refractivity contribution in [2.45, 2.75) is 0 Å². The number of hydrogen-bond donors (Lipinski definition) is 0. The lowest BCUT2D eigenvalue weighted by Gasteiger charge is -2.26. The Balaban J connectivity index is 1.10. The van der Waals surface area contributed by atoms with E-state index in [9.17, 15) is 0 Å². The minimum absolute atomic E-state index is 0.583. The molecule has 2 aromatic heterocycles. The first-order valence-corrected chi connectivity index (χ1v) is 16.4. The monoisotopic (exact) mass is 628 g/mol. The van der Waals surface area contributed by atoms with E-state index in [4.69, 9.17) is 13.8 Å². The first-order valence-electron chi connectivity index (χ1n) is 16.4. The van der Waals surface area contributed by atoms with Gasteiger partial charge in [0.2, 0.25) is 5.89 Å². The molecule has 0 N–H and O–H groups in total. The predicted molar refractivity (Wildman–Crippen MR) is 202 cm³/mol. The molecule has 0 aliphatic heterocycles. The standard InChI is InChI=1S/C45H28N2O2/c1-2-15-35(16-3-1)47(36-17-8-14-31(25-36)34-21-20-29-10-4-5-11-30(29)24-34)37-22-23-38-42(28-37)48-41-19-9-18-39(44(38)41)45-46-40-26-32-12-6-7-13-33(32)27-43(40)49-45/h1-28H. The van der Waals surface area contributed by atoms with Crippen molar-refractivity contribution >= 4 is 71.6 Å². The number of benzene rings is 8. The smallest absolute Gasteiger partial charge is 0.228 e. The summed E-state index contributed by atoms with van der Waals surface area (Å²) in [7, 11) is 0. The maximum absolute atomic E-state index is 6.55. The number of oxazole rings is 1. The fraction of sp³-hybridized carbons (Fsp3) is 0. The maximum Gasteiger partial charge on any atom is 0.228 e. The van der Waals surface area contributed by atoms with Crippen molar-refractivity contribution in [2.24, 2.45) is 0 Å². The number of para-hydroxylation sites is 1. The van der Waals surface area contributed by atoms with Gasteiger partial charge in [-0.05, 0) is 99.4 Å². The van der Waals surface area contributed by atoms with Gasteiger partial charge in [0.1, 0.15) is 16.7 Å². The highest BCUT2D eigenvalue weighted by atomic mass is 16.3. The molecule has 230 valence electrons. The van der Waals surface area contributed by atoms with Crippen LogP contribution in [0.3, 0.4) is 0 Å². The Morgan fingerprint density at radius 2 is 1.10 bits per heavy atom. The highest BCUT2D eigenvalue weighted by molar-refractivity contribution is 6.12. The SMILES string of the molecule is c1ccc(N(c2cccc(-c3ccc4ccccc4c3)c2)c2ccc3c(c2)oc2cccc(-c4nc5cc6ccccc6cc5o4)c23)cc1. The zero-order chi connectivity index (χ0) is 32.3. The van der Waals surface area contributed by atoms with Crippen LogP contribution in [0.1, 0.15) is 0 Å². The van der Waals surface area contributed by atoms with E-state index >= 15 is 0 Å². The normalized spacial score (nSPS) is 11.7. The van der Waals surface area contributed by atoms with Crippen LogP contribution in [0.4, 0.5) is 17.1 Å². The van der Waals surface area contributed by atoms with Crippen LogP contribution in [-0.4, -0.2) is 4.98 Å².